The van der Waals surface area contributed by atoms with Gasteiger partial charge >= 0.3 is 0 Å². The number of hydrogen-bond donors (Lipinski definition) is 0. The van der Waals surface area contributed by atoms with E-state index in [4.69, 9.17) is 0 Å². The topological polar surface area (TPSA) is 60.4 Å². The molecule has 1 aromatic carbocycles. The number of carbonyl (C=O) groups excluding carboxylic acids is 1. The first-order chi connectivity index (χ1) is 13.2. The van der Waals surface area contributed by atoms with E-state index in [1.165, 1.54) is 0 Å². The molecule has 0 aliphatic heterocycles. The Morgan fingerprint density at radius 1 is 1.15 bits per heavy atom. The van der Waals surface area contributed by atoms with Crippen LogP contribution in [0.2, 0.25) is 0 Å². The molecule has 1 aliphatic rings. The number of aromatic nitrogens is 5. The standard InChI is InChI=1S/C20H20N6O/c1-23-9-10-25-19(23)18(12-22-25)20(27)24(16-7-8-16)13-15-11-21-26(14-15)17-5-3-2-4-6-17/h2-6,9-12,14,16H,7-8,13H2,1H3. The van der Waals surface area contributed by atoms with Gasteiger partial charge in [0.15, 0.2) is 0 Å². The van der Waals surface area contributed by atoms with Gasteiger partial charge in [-0.3, -0.25) is 4.79 Å². The first-order valence-corrected chi connectivity index (χ1v) is 9.09. The third-order valence-corrected chi connectivity index (χ3v) is 5.02. The Balaban J connectivity index is 1.43. The molecule has 1 fully saturated rings. The van der Waals surface area contributed by atoms with E-state index in [0.29, 0.717) is 18.2 Å². The van der Waals surface area contributed by atoms with E-state index in [-0.39, 0.29) is 5.91 Å². The summed E-state index contributed by atoms with van der Waals surface area (Å²) >= 11 is 0. The molecule has 0 spiro atoms. The molecule has 0 bridgehead atoms. The van der Waals surface area contributed by atoms with Crippen LogP contribution in [0.1, 0.15) is 28.8 Å². The second-order valence-electron chi connectivity index (χ2n) is 7.03. The number of fused-ring (bicyclic) bond motifs is 1. The Bertz CT molecular complexity index is 1100. The Morgan fingerprint density at radius 2 is 1.96 bits per heavy atom. The van der Waals surface area contributed by atoms with Crippen LogP contribution in [-0.4, -0.2) is 40.8 Å². The summed E-state index contributed by atoms with van der Waals surface area (Å²) in [5.74, 6) is 0.0294. The van der Waals surface area contributed by atoms with Crippen molar-refractivity contribution in [1.29, 1.82) is 0 Å². The number of imidazole rings is 1. The molecule has 0 radical (unpaired) electrons. The maximum atomic E-state index is 13.3. The number of carbonyl (C=O) groups is 1. The van der Waals surface area contributed by atoms with E-state index in [0.717, 1.165) is 29.7 Å². The van der Waals surface area contributed by atoms with Crippen molar-refractivity contribution in [2.75, 3.05) is 0 Å². The zero-order chi connectivity index (χ0) is 18.4. The van der Waals surface area contributed by atoms with Crippen LogP contribution in [0.3, 0.4) is 0 Å². The molecule has 0 unspecified atom stereocenters. The molecule has 27 heavy (non-hydrogen) atoms. The number of amides is 1. The summed E-state index contributed by atoms with van der Waals surface area (Å²) in [6.07, 6.45) is 11.4. The summed E-state index contributed by atoms with van der Waals surface area (Å²) in [5, 5.41) is 8.76. The van der Waals surface area contributed by atoms with Gasteiger partial charge in [-0.05, 0) is 25.0 Å². The Hall–Kier alpha value is -3.35. The van der Waals surface area contributed by atoms with E-state index in [1.54, 1.807) is 10.7 Å². The Kier molecular flexibility index (Phi) is 3.60. The third kappa shape index (κ3) is 2.81. The molecule has 1 saturated carbocycles. The van der Waals surface area contributed by atoms with E-state index in [9.17, 15) is 4.79 Å². The quantitative estimate of drug-likeness (QED) is 0.550. The highest BCUT2D eigenvalue weighted by Gasteiger charge is 2.34. The monoisotopic (exact) mass is 360 g/mol. The lowest BCUT2D eigenvalue weighted by Crippen LogP contribution is -2.32. The van der Waals surface area contributed by atoms with Crippen molar-refractivity contribution in [2.24, 2.45) is 7.05 Å². The molecule has 0 atom stereocenters. The molecular weight excluding hydrogens is 340 g/mol. The van der Waals surface area contributed by atoms with Gasteiger partial charge < -0.3 is 9.47 Å². The predicted molar refractivity (Wildman–Crippen MR) is 101 cm³/mol. The van der Waals surface area contributed by atoms with Crippen molar-refractivity contribution < 1.29 is 4.79 Å². The van der Waals surface area contributed by atoms with Crippen molar-refractivity contribution in [3.05, 3.63) is 72.4 Å². The lowest BCUT2D eigenvalue weighted by atomic mass is 10.2. The zero-order valence-electron chi connectivity index (χ0n) is 15.1. The summed E-state index contributed by atoms with van der Waals surface area (Å²) in [6, 6.07) is 10.3. The average molecular weight is 360 g/mol. The molecule has 136 valence electrons. The van der Waals surface area contributed by atoms with Crippen LogP contribution in [0.5, 0.6) is 0 Å². The van der Waals surface area contributed by atoms with E-state index < -0.39 is 0 Å². The smallest absolute Gasteiger partial charge is 0.259 e. The first kappa shape index (κ1) is 15.9. The van der Waals surface area contributed by atoms with Crippen LogP contribution in [0.15, 0.2) is 61.3 Å². The van der Waals surface area contributed by atoms with Gasteiger partial charge in [0, 0.05) is 43.8 Å². The highest BCUT2D eigenvalue weighted by molar-refractivity contribution is 6.00. The van der Waals surface area contributed by atoms with Crippen molar-refractivity contribution in [3.63, 3.8) is 0 Å². The molecule has 3 aromatic heterocycles. The molecule has 1 aliphatic carbocycles. The number of para-hydroxylation sites is 1. The highest BCUT2D eigenvalue weighted by atomic mass is 16.2. The average Bonchev–Trinajstić information content (AvgIpc) is 3.12. The van der Waals surface area contributed by atoms with Gasteiger partial charge in [-0.15, -0.1) is 0 Å². The van der Waals surface area contributed by atoms with Gasteiger partial charge in [-0.25, -0.2) is 9.20 Å². The summed E-state index contributed by atoms with van der Waals surface area (Å²) in [4.78, 5) is 15.2. The molecule has 3 heterocycles. The zero-order valence-corrected chi connectivity index (χ0v) is 15.1. The lowest BCUT2D eigenvalue weighted by Gasteiger charge is -2.21. The summed E-state index contributed by atoms with van der Waals surface area (Å²) in [6.45, 7) is 0.554. The summed E-state index contributed by atoms with van der Waals surface area (Å²) in [5.41, 5.74) is 3.50. The molecule has 0 N–H and O–H groups in total. The number of nitrogens with zero attached hydrogens (tertiary/aromatic N) is 6. The fraction of sp³-hybridized carbons (Fsp3) is 0.250. The van der Waals surface area contributed by atoms with E-state index >= 15 is 0 Å². The number of rotatable bonds is 5. The fourth-order valence-electron chi connectivity index (χ4n) is 3.47. The largest absolute Gasteiger partial charge is 0.334 e. The molecule has 1 amide bonds. The van der Waals surface area contributed by atoms with Crippen molar-refractivity contribution in [2.45, 2.75) is 25.4 Å². The maximum Gasteiger partial charge on any atom is 0.259 e. The van der Waals surface area contributed by atoms with Gasteiger partial charge in [0.1, 0.15) is 11.2 Å². The van der Waals surface area contributed by atoms with Crippen molar-refractivity contribution in [3.8, 4) is 5.69 Å². The van der Waals surface area contributed by atoms with E-state index in [1.807, 2.05) is 76.3 Å². The minimum Gasteiger partial charge on any atom is -0.334 e. The van der Waals surface area contributed by atoms with Gasteiger partial charge in [0.05, 0.1) is 18.1 Å². The predicted octanol–water partition coefficient (Wildman–Crippen LogP) is 2.66. The normalized spacial score (nSPS) is 14.0. The van der Waals surface area contributed by atoms with Gasteiger partial charge in [-0.2, -0.15) is 10.2 Å². The summed E-state index contributed by atoms with van der Waals surface area (Å²) in [7, 11) is 1.93. The third-order valence-electron chi connectivity index (χ3n) is 5.02. The number of hydrogen-bond acceptors (Lipinski definition) is 3. The second kappa shape index (κ2) is 6.12. The molecule has 5 rings (SSSR count). The van der Waals surface area contributed by atoms with Gasteiger partial charge in [0.2, 0.25) is 0 Å². The molecular formula is C20H20N6O. The Labute approximate surface area is 156 Å². The molecule has 7 nitrogen and oxygen atoms in total. The van der Waals surface area contributed by atoms with Gasteiger partial charge in [0.25, 0.3) is 5.91 Å². The lowest BCUT2D eigenvalue weighted by molar-refractivity contribution is 0.0731. The maximum absolute atomic E-state index is 13.3. The van der Waals surface area contributed by atoms with E-state index in [2.05, 4.69) is 10.2 Å². The van der Waals surface area contributed by atoms with Crippen LogP contribution in [-0.2, 0) is 13.6 Å². The van der Waals surface area contributed by atoms with Crippen LogP contribution >= 0.6 is 0 Å². The summed E-state index contributed by atoms with van der Waals surface area (Å²) < 4.78 is 5.52. The number of aryl methyl sites for hydroxylation is 1. The van der Waals surface area contributed by atoms with Crippen LogP contribution in [0, 0.1) is 0 Å². The second-order valence-corrected chi connectivity index (χ2v) is 7.03. The van der Waals surface area contributed by atoms with Crippen LogP contribution in [0.25, 0.3) is 11.3 Å². The minimum atomic E-state index is 0.0294. The van der Waals surface area contributed by atoms with Crippen LogP contribution < -0.4 is 0 Å². The van der Waals surface area contributed by atoms with Crippen molar-refractivity contribution >= 4 is 11.6 Å². The fourth-order valence-corrected chi connectivity index (χ4v) is 3.47. The molecule has 4 aromatic rings. The molecule has 0 saturated heterocycles. The number of benzene rings is 1. The first-order valence-electron chi connectivity index (χ1n) is 9.09. The SMILES string of the molecule is Cn1ccn2ncc(C(=O)N(Cc3cnn(-c4ccccc4)c3)C3CC3)c12. The highest BCUT2D eigenvalue weighted by Crippen LogP contribution is 2.30. The Morgan fingerprint density at radius 3 is 2.74 bits per heavy atom. The van der Waals surface area contributed by atoms with Crippen LogP contribution in [0.4, 0.5) is 0 Å². The molecule has 7 heteroatoms. The van der Waals surface area contributed by atoms with Crippen molar-refractivity contribution in [1.82, 2.24) is 28.9 Å². The minimum absolute atomic E-state index is 0.0294. The van der Waals surface area contributed by atoms with Gasteiger partial charge in [-0.1, -0.05) is 18.2 Å².